The van der Waals surface area contributed by atoms with Gasteiger partial charge in [-0.15, -0.1) is 11.3 Å². The summed E-state index contributed by atoms with van der Waals surface area (Å²) in [4.78, 5) is 3.87. The van der Waals surface area contributed by atoms with Gasteiger partial charge < -0.3 is 4.74 Å². The van der Waals surface area contributed by atoms with Crippen molar-refractivity contribution in [2.45, 2.75) is 19.5 Å². The Hall–Kier alpha value is -2.18. The standard InChI is InChI=1S/C18H18FN3OS/c1-23-14-2-3-15(16(19)8-14)18-13(9-20-21-18)11-22-6-4-17-12(10-22)5-7-24-17/h2-3,5,7-9H,4,6,10-11H2,1H3,(H,20,21). The van der Waals surface area contributed by atoms with Gasteiger partial charge in [0.25, 0.3) is 0 Å². The molecule has 3 aromatic rings. The number of hydrogen-bond donors (Lipinski definition) is 1. The maximum atomic E-state index is 14.4. The molecule has 1 aliphatic heterocycles. The van der Waals surface area contributed by atoms with Crippen LogP contribution < -0.4 is 4.74 Å². The molecule has 1 aliphatic rings. The predicted molar refractivity (Wildman–Crippen MR) is 92.7 cm³/mol. The summed E-state index contributed by atoms with van der Waals surface area (Å²) in [5.74, 6) is 0.206. The molecule has 1 aromatic carbocycles. The van der Waals surface area contributed by atoms with Crippen molar-refractivity contribution in [2.24, 2.45) is 0 Å². The van der Waals surface area contributed by atoms with Crippen LogP contribution in [0.2, 0.25) is 0 Å². The summed E-state index contributed by atoms with van der Waals surface area (Å²) in [7, 11) is 1.53. The predicted octanol–water partition coefficient (Wildman–Crippen LogP) is 3.84. The molecule has 4 rings (SSSR count). The molecule has 6 heteroatoms. The number of halogens is 1. The molecule has 0 saturated heterocycles. The van der Waals surface area contributed by atoms with Crippen LogP contribution in [0.5, 0.6) is 5.75 Å². The van der Waals surface area contributed by atoms with Gasteiger partial charge in [0, 0.05) is 41.7 Å². The second-order valence-corrected chi connectivity index (χ2v) is 6.95. The molecule has 0 radical (unpaired) electrons. The maximum absolute atomic E-state index is 14.4. The summed E-state index contributed by atoms with van der Waals surface area (Å²) in [5, 5.41) is 9.24. The van der Waals surface area contributed by atoms with Crippen molar-refractivity contribution in [1.82, 2.24) is 15.1 Å². The molecular formula is C18H18FN3OS. The largest absolute Gasteiger partial charge is 0.497 e. The highest BCUT2D eigenvalue weighted by Gasteiger charge is 2.20. The summed E-state index contributed by atoms with van der Waals surface area (Å²) < 4.78 is 19.4. The van der Waals surface area contributed by atoms with E-state index < -0.39 is 0 Å². The van der Waals surface area contributed by atoms with E-state index in [0.717, 1.165) is 37.3 Å². The monoisotopic (exact) mass is 343 g/mol. The number of nitrogens with one attached hydrogen (secondary N) is 1. The Morgan fingerprint density at radius 1 is 1.38 bits per heavy atom. The fraction of sp³-hybridized carbons (Fsp3) is 0.278. The van der Waals surface area contributed by atoms with E-state index in [1.54, 1.807) is 18.3 Å². The van der Waals surface area contributed by atoms with Gasteiger partial charge in [0.1, 0.15) is 11.6 Å². The molecule has 0 amide bonds. The highest BCUT2D eigenvalue weighted by molar-refractivity contribution is 7.10. The molecular weight excluding hydrogens is 325 g/mol. The van der Waals surface area contributed by atoms with E-state index in [-0.39, 0.29) is 5.82 Å². The Kier molecular flexibility index (Phi) is 4.08. The molecule has 0 spiro atoms. The first-order valence-electron chi connectivity index (χ1n) is 7.88. The van der Waals surface area contributed by atoms with Crippen LogP contribution in [0, 0.1) is 5.82 Å². The highest BCUT2D eigenvalue weighted by Crippen LogP contribution is 2.30. The number of ether oxygens (including phenoxy) is 1. The Morgan fingerprint density at radius 3 is 3.12 bits per heavy atom. The molecule has 0 saturated carbocycles. The van der Waals surface area contributed by atoms with Crippen LogP contribution in [-0.2, 0) is 19.5 Å². The first-order chi connectivity index (χ1) is 11.7. The van der Waals surface area contributed by atoms with Crippen molar-refractivity contribution in [2.75, 3.05) is 13.7 Å². The number of hydrogen-bond acceptors (Lipinski definition) is 4. The summed E-state index contributed by atoms with van der Waals surface area (Å²) >= 11 is 1.83. The Balaban J connectivity index is 1.57. The lowest BCUT2D eigenvalue weighted by molar-refractivity contribution is 0.248. The van der Waals surface area contributed by atoms with Crippen LogP contribution in [0.1, 0.15) is 16.0 Å². The zero-order chi connectivity index (χ0) is 16.5. The average Bonchev–Trinajstić information content (AvgIpc) is 3.23. The molecule has 0 atom stereocenters. The van der Waals surface area contributed by atoms with Gasteiger partial charge in [-0.2, -0.15) is 5.10 Å². The summed E-state index contributed by atoms with van der Waals surface area (Å²) in [5.41, 5.74) is 3.69. The lowest BCUT2D eigenvalue weighted by atomic mass is 10.1. The van der Waals surface area contributed by atoms with Crippen molar-refractivity contribution in [1.29, 1.82) is 0 Å². The zero-order valence-corrected chi connectivity index (χ0v) is 14.2. The van der Waals surface area contributed by atoms with Gasteiger partial charge >= 0.3 is 0 Å². The summed E-state index contributed by atoms with van der Waals surface area (Å²) in [6.45, 7) is 2.71. The van der Waals surface area contributed by atoms with Gasteiger partial charge in [-0.25, -0.2) is 4.39 Å². The average molecular weight is 343 g/mol. The van der Waals surface area contributed by atoms with E-state index in [9.17, 15) is 4.39 Å². The molecule has 0 bridgehead atoms. The number of thiophene rings is 1. The van der Waals surface area contributed by atoms with Crippen LogP contribution in [0.3, 0.4) is 0 Å². The molecule has 1 N–H and O–H groups in total. The van der Waals surface area contributed by atoms with Gasteiger partial charge in [-0.05, 0) is 35.6 Å². The fourth-order valence-corrected chi connectivity index (χ4v) is 4.06. The van der Waals surface area contributed by atoms with Crippen molar-refractivity contribution in [3.8, 4) is 17.0 Å². The summed E-state index contributed by atoms with van der Waals surface area (Å²) in [6, 6.07) is 7.10. The highest BCUT2D eigenvalue weighted by atomic mass is 32.1. The quantitative estimate of drug-likeness (QED) is 0.782. The van der Waals surface area contributed by atoms with E-state index in [1.807, 2.05) is 11.3 Å². The SMILES string of the molecule is COc1ccc(-c2[nH]ncc2CN2CCc3sccc3C2)c(F)c1. The number of rotatable bonds is 4. The fourth-order valence-electron chi connectivity index (χ4n) is 3.17. The first kappa shape index (κ1) is 15.4. The minimum atomic E-state index is -0.307. The van der Waals surface area contributed by atoms with Crippen molar-refractivity contribution < 1.29 is 9.13 Å². The lowest BCUT2D eigenvalue weighted by Gasteiger charge is -2.26. The molecule has 24 heavy (non-hydrogen) atoms. The third-order valence-electron chi connectivity index (χ3n) is 4.44. The molecule has 0 aliphatic carbocycles. The molecule has 0 fully saturated rings. The van der Waals surface area contributed by atoms with Crippen LogP contribution in [0.25, 0.3) is 11.3 Å². The number of H-pyrrole nitrogens is 1. The molecule has 124 valence electrons. The number of methoxy groups -OCH3 is 1. The van der Waals surface area contributed by atoms with Gasteiger partial charge in [0.2, 0.25) is 0 Å². The summed E-state index contributed by atoms with van der Waals surface area (Å²) in [6.07, 6.45) is 2.87. The van der Waals surface area contributed by atoms with Crippen LogP contribution in [0.4, 0.5) is 4.39 Å². The second kappa shape index (κ2) is 6.37. The zero-order valence-electron chi connectivity index (χ0n) is 13.4. The van der Waals surface area contributed by atoms with Crippen LogP contribution in [-0.4, -0.2) is 28.8 Å². The van der Waals surface area contributed by atoms with Gasteiger partial charge in [-0.3, -0.25) is 10.00 Å². The molecule has 2 aromatic heterocycles. The normalized spacial score (nSPS) is 14.6. The molecule has 3 heterocycles. The lowest BCUT2D eigenvalue weighted by Crippen LogP contribution is -2.29. The van der Waals surface area contributed by atoms with E-state index in [4.69, 9.17) is 4.74 Å². The van der Waals surface area contributed by atoms with Crippen LogP contribution >= 0.6 is 11.3 Å². The number of fused-ring (bicyclic) bond motifs is 1. The Morgan fingerprint density at radius 2 is 2.29 bits per heavy atom. The van der Waals surface area contributed by atoms with E-state index in [0.29, 0.717) is 11.3 Å². The Bertz CT molecular complexity index is 858. The third kappa shape index (κ3) is 2.83. The van der Waals surface area contributed by atoms with E-state index in [1.165, 1.54) is 23.6 Å². The smallest absolute Gasteiger partial charge is 0.136 e. The van der Waals surface area contributed by atoms with Crippen molar-refractivity contribution in [3.63, 3.8) is 0 Å². The minimum Gasteiger partial charge on any atom is -0.497 e. The van der Waals surface area contributed by atoms with Crippen molar-refractivity contribution >= 4 is 11.3 Å². The van der Waals surface area contributed by atoms with Gasteiger partial charge in [-0.1, -0.05) is 0 Å². The van der Waals surface area contributed by atoms with Gasteiger partial charge in [0.15, 0.2) is 0 Å². The topological polar surface area (TPSA) is 41.1 Å². The second-order valence-electron chi connectivity index (χ2n) is 5.95. The van der Waals surface area contributed by atoms with E-state index >= 15 is 0 Å². The number of benzene rings is 1. The maximum Gasteiger partial charge on any atom is 0.136 e. The number of aromatic amines is 1. The minimum absolute atomic E-state index is 0.307. The van der Waals surface area contributed by atoms with Crippen LogP contribution in [0.15, 0.2) is 35.8 Å². The number of nitrogens with zero attached hydrogens (tertiary/aromatic N) is 2. The Labute approximate surface area is 143 Å². The van der Waals surface area contributed by atoms with Crippen molar-refractivity contribution in [3.05, 3.63) is 57.7 Å². The number of aromatic nitrogens is 2. The van der Waals surface area contributed by atoms with Gasteiger partial charge in [0.05, 0.1) is 19.0 Å². The van der Waals surface area contributed by atoms with E-state index in [2.05, 4.69) is 26.5 Å². The first-order valence-corrected chi connectivity index (χ1v) is 8.76. The molecule has 0 unspecified atom stereocenters. The molecule has 4 nitrogen and oxygen atoms in total. The third-order valence-corrected chi connectivity index (χ3v) is 5.47.